The van der Waals surface area contributed by atoms with E-state index in [1.807, 2.05) is 18.2 Å². The average molecular weight is 405 g/mol. The van der Waals surface area contributed by atoms with Gasteiger partial charge >= 0.3 is 5.69 Å². The molecule has 0 aliphatic heterocycles. The highest BCUT2D eigenvalue weighted by atomic mass is 35.5. The number of hydrogen-bond donors (Lipinski definition) is 0. The number of thioether (sulfide) groups is 1. The highest BCUT2D eigenvalue weighted by Crippen LogP contribution is 2.30. The van der Waals surface area contributed by atoms with Gasteiger partial charge in [-0.1, -0.05) is 37.6 Å². The van der Waals surface area contributed by atoms with Crippen LogP contribution in [0, 0.1) is 5.92 Å². The molecule has 0 amide bonds. The molecule has 2 heterocycles. The van der Waals surface area contributed by atoms with Crippen molar-refractivity contribution in [1.29, 1.82) is 0 Å². The van der Waals surface area contributed by atoms with Crippen LogP contribution in [0.4, 0.5) is 0 Å². The minimum Gasteiger partial charge on any atom is -0.280 e. The molecule has 0 N–H and O–H groups in total. The Morgan fingerprint density at radius 2 is 1.81 bits per heavy atom. The SMILES string of the molecule is CC(C)CCSc1nc(-c2ccccc2Cl)nc2c1c(=O)n(C)c(=O)n2C. The van der Waals surface area contributed by atoms with Crippen LogP contribution in [0.2, 0.25) is 5.02 Å². The van der Waals surface area contributed by atoms with Gasteiger partial charge in [0.2, 0.25) is 0 Å². The van der Waals surface area contributed by atoms with Crippen LogP contribution in [0.15, 0.2) is 38.9 Å². The molecular formula is C19H21ClN4O2S. The van der Waals surface area contributed by atoms with E-state index in [4.69, 9.17) is 11.6 Å². The van der Waals surface area contributed by atoms with Gasteiger partial charge in [0.15, 0.2) is 11.5 Å². The fourth-order valence-electron chi connectivity index (χ4n) is 2.69. The fraction of sp³-hybridized carbons (Fsp3) is 0.368. The minimum absolute atomic E-state index is 0.320. The fourth-order valence-corrected chi connectivity index (χ4v) is 4.16. The molecule has 1 aromatic carbocycles. The quantitative estimate of drug-likeness (QED) is 0.481. The second-order valence-corrected chi connectivity index (χ2v) is 8.26. The average Bonchev–Trinajstić information content (AvgIpc) is 2.64. The molecule has 0 aliphatic carbocycles. The van der Waals surface area contributed by atoms with E-state index >= 15 is 0 Å². The number of hydrogen-bond acceptors (Lipinski definition) is 5. The molecule has 0 aliphatic rings. The number of aryl methyl sites for hydroxylation is 1. The Morgan fingerprint density at radius 1 is 1.11 bits per heavy atom. The number of aromatic nitrogens is 4. The summed E-state index contributed by atoms with van der Waals surface area (Å²) in [5, 5.41) is 1.46. The molecule has 0 fully saturated rings. The Bertz CT molecular complexity index is 1120. The predicted molar refractivity (Wildman–Crippen MR) is 111 cm³/mol. The van der Waals surface area contributed by atoms with E-state index < -0.39 is 5.69 Å². The van der Waals surface area contributed by atoms with Gasteiger partial charge in [-0.25, -0.2) is 14.8 Å². The number of halogens is 1. The second-order valence-electron chi connectivity index (χ2n) is 6.77. The zero-order valence-electron chi connectivity index (χ0n) is 15.7. The zero-order chi connectivity index (χ0) is 19.7. The number of nitrogens with zero attached hydrogens (tertiary/aromatic N) is 4. The van der Waals surface area contributed by atoms with Crippen molar-refractivity contribution in [1.82, 2.24) is 19.1 Å². The first-order valence-corrected chi connectivity index (χ1v) is 10.0. The molecule has 8 heteroatoms. The lowest BCUT2D eigenvalue weighted by atomic mass is 10.2. The van der Waals surface area contributed by atoms with E-state index in [0.717, 1.165) is 16.7 Å². The number of fused-ring (bicyclic) bond motifs is 1. The van der Waals surface area contributed by atoms with Gasteiger partial charge in [0.1, 0.15) is 10.4 Å². The Balaban J connectivity index is 2.30. The summed E-state index contributed by atoms with van der Waals surface area (Å²) in [5.41, 5.74) is 0.181. The summed E-state index contributed by atoms with van der Waals surface area (Å²) >= 11 is 7.82. The smallest absolute Gasteiger partial charge is 0.280 e. The van der Waals surface area contributed by atoms with Crippen LogP contribution in [-0.2, 0) is 14.1 Å². The Morgan fingerprint density at radius 3 is 2.48 bits per heavy atom. The highest BCUT2D eigenvalue weighted by molar-refractivity contribution is 7.99. The highest BCUT2D eigenvalue weighted by Gasteiger charge is 2.19. The van der Waals surface area contributed by atoms with Gasteiger partial charge < -0.3 is 0 Å². The molecule has 0 bridgehead atoms. The molecule has 0 spiro atoms. The lowest BCUT2D eigenvalue weighted by Crippen LogP contribution is -2.37. The van der Waals surface area contributed by atoms with Gasteiger partial charge in [-0.2, -0.15) is 0 Å². The number of benzene rings is 1. The Labute approximate surface area is 166 Å². The molecule has 0 unspecified atom stereocenters. The second kappa shape index (κ2) is 7.86. The van der Waals surface area contributed by atoms with Crippen molar-refractivity contribution in [2.75, 3.05) is 5.75 Å². The van der Waals surface area contributed by atoms with Gasteiger partial charge in [0.05, 0.1) is 5.02 Å². The maximum atomic E-state index is 12.8. The lowest BCUT2D eigenvalue weighted by molar-refractivity contribution is 0.632. The van der Waals surface area contributed by atoms with Gasteiger partial charge in [-0.15, -0.1) is 11.8 Å². The third kappa shape index (κ3) is 3.80. The van der Waals surface area contributed by atoms with Crippen LogP contribution >= 0.6 is 23.4 Å². The standard InChI is InChI=1S/C19H21ClN4O2S/c1-11(2)9-10-27-17-14-16(23(3)19(26)24(4)18(14)25)21-15(22-17)12-7-5-6-8-13(12)20/h5-8,11H,9-10H2,1-4H3. The largest absolute Gasteiger partial charge is 0.332 e. The van der Waals surface area contributed by atoms with Crippen molar-refractivity contribution >= 4 is 34.4 Å². The summed E-state index contributed by atoms with van der Waals surface area (Å²) in [4.78, 5) is 34.3. The van der Waals surface area contributed by atoms with Crippen molar-refractivity contribution in [3.8, 4) is 11.4 Å². The van der Waals surface area contributed by atoms with Crippen molar-refractivity contribution in [2.45, 2.75) is 25.3 Å². The molecule has 3 rings (SSSR count). The van der Waals surface area contributed by atoms with Crippen LogP contribution < -0.4 is 11.2 Å². The molecule has 6 nitrogen and oxygen atoms in total. The summed E-state index contributed by atoms with van der Waals surface area (Å²) in [5.74, 6) is 1.77. The molecule has 27 heavy (non-hydrogen) atoms. The van der Waals surface area contributed by atoms with Crippen LogP contribution in [0.1, 0.15) is 20.3 Å². The third-order valence-electron chi connectivity index (χ3n) is 4.32. The van der Waals surface area contributed by atoms with E-state index in [-0.39, 0.29) is 5.56 Å². The molecule has 0 atom stereocenters. The van der Waals surface area contributed by atoms with E-state index in [9.17, 15) is 9.59 Å². The summed E-state index contributed by atoms with van der Waals surface area (Å²) < 4.78 is 2.47. The first-order chi connectivity index (χ1) is 12.8. The molecule has 0 saturated heterocycles. The first kappa shape index (κ1) is 19.6. The summed E-state index contributed by atoms with van der Waals surface area (Å²) in [7, 11) is 3.07. The van der Waals surface area contributed by atoms with Crippen LogP contribution in [0.5, 0.6) is 0 Å². The normalized spacial score (nSPS) is 11.5. The van der Waals surface area contributed by atoms with Crippen LogP contribution in [-0.4, -0.2) is 24.9 Å². The van der Waals surface area contributed by atoms with Crippen molar-refractivity contribution in [3.05, 3.63) is 50.1 Å². The molecule has 3 aromatic rings. The van der Waals surface area contributed by atoms with Gasteiger partial charge in [-0.3, -0.25) is 13.9 Å². The van der Waals surface area contributed by atoms with Gasteiger partial charge in [-0.05, 0) is 30.2 Å². The first-order valence-electron chi connectivity index (χ1n) is 8.66. The van der Waals surface area contributed by atoms with E-state index in [1.165, 1.54) is 23.4 Å². The van der Waals surface area contributed by atoms with Crippen LogP contribution in [0.3, 0.4) is 0 Å². The van der Waals surface area contributed by atoms with E-state index in [2.05, 4.69) is 23.8 Å². The number of rotatable bonds is 5. The maximum Gasteiger partial charge on any atom is 0.332 e. The van der Waals surface area contributed by atoms with Crippen LogP contribution in [0.25, 0.3) is 22.4 Å². The van der Waals surface area contributed by atoms with E-state index in [0.29, 0.717) is 38.4 Å². The molecule has 0 saturated carbocycles. The monoisotopic (exact) mass is 404 g/mol. The van der Waals surface area contributed by atoms with Gasteiger partial charge in [0.25, 0.3) is 5.56 Å². The lowest BCUT2D eigenvalue weighted by Gasteiger charge is -2.13. The van der Waals surface area contributed by atoms with E-state index in [1.54, 1.807) is 13.1 Å². The predicted octanol–water partition coefficient (Wildman–Crippen LogP) is 3.49. The van der Waals surface area contributed by atoms with Crippen molar-refractivity contribution in [2.24, 2.45) is 20.0 Å². The minimum atomic E-state index is -0.422. The maximum absolute atomic E-state index is 12.8. The Kier molecular flexibility index (Phi) is 5.72. The molecule has 2 aromatic heterocycles. The third-order valence-corrected chi connectivity index (χ3v) is 5.65. The Hall–Kier alpha value is -2.12. The topological polar surface area (TPSA) is 69.8 Å². The van der Waals surface area contributed by atoms with Gasteiger partial charge in [0, 0.05) is 19.7 Å². The summed E-state index contributed by atoms with van der Waals surface area (Å²) in [6.07, 6.45) is 0.990. The molecular weight excluding hydrogens is 384 g/mol. The van der Waals surface area contributed by atoms with Crippen molar-refractivity contribution in [3.63, 3.8) is 0 Å². The molecule has 0 radical (unpaired) electrons. The summed E-state index contributed by atoms with van der Waals surface area (Å²) in [6, 6.07) is 7.27. The zero-order valence-corrected chi connectivity index (χ0v) is 17.3. The van der Waals surface area contributed by atoms with Crippen molar-refractivity contribution < 1.29 is 0 Å². The summed E-state index contributed by atoms with van der Waals surface area (Å²) in [6.45, 7) is 4.30. The molecule has 142 valence electrons.